The molecule has 1 aromatic heterocycles. The van der Waals surface area contributed by atoms with Crippen molar-refractivity contribution in [2.24, 2.45) is 0 Å². The number of H-pyrrole nitrogens is 1. The first-order valence-electron chi connectivity index (χ1n) is 4.25. The maximum atomic E-state index is 10.6. The summed E-state index contributed by atoms with van der Waals surface area (Å²) in [6, 6.07) is 6.58. The Labute approximate surface area is 85.0 Å². The number of rotatable bonds is 2. The molecule has 15 heavy (non-hydrogen) atoms. The normalized spacial score (nSPS) is 10.1. The van der Waals surface area contributed by atoms with Crippen molar-refractivity contribution < 1.29 is 15.0 Å². The van der Waals surface area contributed by atoms with E-state index in [2.05, 4.69) is 9.97 Å². The summed E-state index contributed by atoms with van der Waals surface area (Å²) in [5.41, 5.74) is 0.471. The lowest BCUT2D eigenvalue weighted by Crippen LogP contribution is -1.95. The number of hydrogen-bond acceptors (Lipinski definition) is 3. The zero-order chi connectivity index (χ0) is 10.8. The van der Waals surface area contributed by atoms with E-state index in [0.29, 0.717) is 11.4 Å². The standard InChI is InChI=1S/C10H8N2O3/c13-8-4-2-1-3-6(8)9-11-5-7(12-9)10(14)15/h1-5,13H,(H,11,12)(H,14,15). The van der Waals surface area contributed by atoms with Gasteiger partial charge >= 0.3 is 5.97 Å². The van der Waals surface area contributed by atoms with Gasteiger partial charge < -0.3 is 15.2 Å². The molecule has 0 spiro atoms. The third-order valence-electron chi connectivity index (χ3n) is 1.97. The fraction of sp³-hybridized carbons (Fsp3) is 0. The van der Waals surface area contributed by atoms with Gasteiger partial charge in [0, 0.05) is 0 Å². The molecule has 0 fully saturated rings. The van der Waals surface area contributed by atoms with Crippen LogP contribution in [0.5, 0.6) is 5.75 Å². The second-order valence-corrected chi connectivity index (χ2v) is 2.97. The molecule has 76 valence electrons. The number of aromatic hydroxyl groups is 1. The lowest BCUT2D eigenvalue weighted by Gasteiger charge is -1.99. The molecule has 1 heterocycles. The molecule has 2 rings (SSSR count). The van der Waals surface area contributed by atoms with Crippen molar-refractivity contribution in [2.45, 2.75) is 0 Å². The number of carbonyl (C=O) groups is 1. The molecule has 0 saturated heterocycles. The summed E-state index contributed by atoms with van der Waals surface area (Å²) in [6.07, 6.45) is 1.21. The van der Waals surface area contributed by atoms with Crippen LogP contribution < -0.4 is 0 Å². The number of carboxylic acid groups (broad SMARTS) is 1. The van der Waals surface area contributed by atoms with Crippen LogP contribution in [0.25, 0.3) is 11.4 Å². The predicted octanol–water partition coefficient (Wildman–Crippen LogP) is 1.48. The van der Waals surface area contributed by atoms with Crippen molar-refractivity contribution >= 4 is 5.97 Å². The largest absolute Gasteiger partial charge is 0.507 e. The number of phenolic OH excluding ortho intramolecular Hbond substituents is 1. The van der Waals surface area contributed by atoms with Crippen LogP contribution in [0.2, 0.25) is 0 Å². The fourth-order valence-corrected chi connectivity index (χ4v) is 1.24. The Morgan fingerprint density at radius 2 is 2.07 bits per heavy atom. The van der Waals surface area contributed by atoms with Gasteiger partial charge in [-0.2, -0.15) is 0 Å². The smallest absolute Gasteiger partial charge is 0.353 e. The zero-order valence-corrected chi connectivity index (χ0v) is 7.64. The Hall–Kier alpha value is -2.30. The van der Waals surface area contributed by atoms with E-state index in [0.717, 1.165) is 0 Å². The molecule has 0 bridgehead atoms. The van der Waals surface area contributed by atoms with E-state index in [9.17, 15) is 9.90 Å². The Morgan fingerprint density at radius 3 is 2.67 bits per heavy atom. The molecular formula is C10H8N2O3. The van der Waals surface area contributed by atoms with Crippen molar-refractivity contribution in [3.8, 4) is 17.1 Å². The number of imidazole rings is 1. The number of aromatic carboxylic acids is 1. The van der Waals surface area contributed by atoms with Gasteiger partial charge in [0.15, 0.2) is 0 Å². The Morgan fingerprint density at radius 1 is 1.33 bits per heavy atom. The highest BCUT2D eigenvalue weighted by Gasteiger charge is 2.10. The number of nitrogens with zero attached hydrogens (tertiary/aromatic N) is 1. The molecule has 0 radical (unpaired) electrons. The monoisotopic (exact) mass is 204 g/mol. The molecule has 2 aromatic rings. The van der Waals surface area contributed by atoms with Crippen LogP contribution >= 0.6 is 0 Å². The lowest BCUT2D eigenvalue weighted by atomic mass is 10.2. The molecule has 0 saturated carbocycles. The number of para-hydroxylation sites is 1. The van der Waals surface area contributed by atoms with Gasteiger partial charge in [0.05, 0.1) is 11.8 Å². The Balaban J connectivity index is 2.46. The van der Waals surface area contributed by atoms with Gasteiger partial charge in [0.2, 0.25) is 0 Å². The molecule has 1 aromatic carbocycles. The van der Waals surface area contributed by atoms with Crippen LogP contribution in [-0.4, -0.2) is 26.2 Å². The summed E-state index contributed by atoms with van der Waals surface area (Å²) in [6.45, 7) is 0. The minimum atomic E-state index is -1.08. The van der Waals surface area contributed by atoms with Gasteiger partial charge in [-0.3, -0.25) is 0 Å². The molecule has 0 atom stereocenters. The SMILES string of the molecule is O=C(O)c1cnc(-c2ccccc2O)[nH]1. The topological polar surface area (TPSA) is 86.2 Å². The van der Waals surface area contributed by atoms with Gasteiger partial charge in [0.25, 0.3) is 0 Å². The summed E-state index contributed by atoms with van der Waals surface area (Å²) < 4.78 is 0. The van der Waals surface area contributed by atoms with Crippen LogP contribution in [0.1, 0.15) is 10.5 Å². The number of nitrogens with one attached hydrogen (secondary N) is 1. The summed E-state index contributed by atoms with van der Waals surface area (Å²) in [5.74, 6) is -0.682. The average Bonchev–Trinajstić information content (AvgIpc) is 2.67. The van der Waals surface area contributed by atoms with Gasteiger partial charge in [-0.1, -0.05) is 12.1 Å². The van der Waals surface area contributed by atoms with E-state index in [1.165, 1.54) is 12.3 Å². The number of aromatic amines is 1. The van der Waals surface area contributed by atoms with Gasteiger partial charge in [-0.25, -0.2) is 9.78 Å². The molecule has 0 aliphatic heterocycles. The van der Waals surface area contributed by atoms with Crippen molar-refractivity contribution in [3.05, 3.63) is 36.2 Å². The van der Waals surface area contributed by atoms with Crippen LogP contribution in [-0.2, 0) is 0 Å². The summed E-state index contributed by atoms with van der Waals surface area (Å²) in [4.78, 5) is 17.1. The molecule has 0 unspecified atom stereocenters. The summed E-state index contributed by atoms with van der Waals surface area (Å²) in [5, 5.41) is 18.2. The van der Waals surface area contributed by atoms with Gasteiger partial charge in [0.1, 0.15) is 17.3 Å². The van der Waals surface area contributed by atoms with Crippen LogP contribution in [0, 0.1) is 0 Å². The predicted molar refractivity (Wildman–Crippen MR) is 52.6 cm³/mol. The molecule has 5 nitrogen and oxygen atoms in total. The fourth-order valence-electron chi connectivity index (χ4n) is 1.24. The highest BCUT2D eigenvalue weighted by Crippen LogP contribution is 2.25. The average molecular weight is 204 g/mol. The molecule has 0 aliphatic rings. The van der Waals surface area contributed by atoms with E-state index < -0.39 is 5.97 Å². The first-order chi connectivity index (χ1) is 7.18. The highest BCUT2D eigenvalue weighted by molar-refractivity contribution is 5.86. The molecule has 0 amide bonds. The van der Waals surface area contributed by atoms with Crippen LogP contribution in [0.3, 0.4) is 0 Å². The maximum Gasteiger partial charge on any atom is 0.353 e. The molecule has 3 N–H and O–H groups in total. The minimum absolute atomic E-state index is 0.00625. The van der Waals surface area contributed by atoms with Crippen molar-refractivity contribution in [2.75, 3.05) is 0 Å². The number of hydrogen-bond donors (Lipinski definition) is 3. The maximum absolute atomic E-state index is 10.6. The first kappa shape index (κ1) is 9.26. The number of phenols is 1. The van der Waals surface area contributed by atoms with E-state index in [1.54, 1.807) is 18.2 Å². The van der Waals surface area contributed by atoms with E-state index in [4.69, 9.17) is 5.11 Å². The minimum Gasteiger partial charge on any atom is -0.507 e. The van der Waals surface area contributed by atoms with Crippen LogP contribution in [0.4, 0.5) is 0 Å². The number of aromatic nitrogens is 2. The van der Waals surface area contributed by atoms with E-state index in [-0.39, 0.29) is 11.4 Å². The zero-order valence-electron chi connectivity index (χ0n) is 7.64. The highest BCUT2D eigenvalue weighted by atomic mass is 16.4. The van der Waals surface area contributed by atoms with Crippen LogP contribution in [0.15, 0.2) is 30.5 Å². The van der Waals surface area contributed by atoms with Gasteiger partial charge in [-0.15, -0.1) is 0 Å². The van der Waals surface area contributed by atoms with Crippen molar-refractivity contribution in [1.29, 1.82) is 0 Å². The second kappa shape index (κ2) is 3.45. The molecule has 0 aliphatic carbocycles. The number of benzene rings is 1. The summed E-state index contributed by atoms with van der Waals surface area (Å²) in [7, 11) is 0. The third-order valence-corrected chi connectivity index (χ3v) is 1.97. The Kier molecular flexibility index (Phi) is 2.13. The lowest BCUT2D eigenvalue weighted by molar-refractivity contribution is 0.0691. The van der Waals surface area contributed by atoms with E-state index >= 15 is 0 Å². The molecular weight excluding hydrogens is 196 g/mol. The van der Waals surface area contributed by atoms with Crippen molar-refractivity contribution in [1.82, 2.24) is 9.97 Å². The molecule has 5 heteroatoms. The Bertz CT molecular complexity index is 505. The van der Waals surface area contributed by atoms with E-state index in [1.807, 2.05) is 0 Å². The third kappa shape index (κ3) is 1.67. The number of carboxylic acids is 1. The first-order valence-corrected chi connectivity index (χ1v) is 4.25. The van der Waals surface area contributed by atoms with Crippen molar-refractivity contribution in [3.63, 3.8) is 0 Å². The van der Waals surface area contributed by atoms with Gasteiger partial charge in [-0.05, 0) is 12.1 Å². The second-order valence-electron chi connectivity index (χ2n) is 2.97. The summed E-state index contributed by atoms with van der Waals surface area (Å²) >= 11 is 0. The quantitative estimate of drug-likeness (QED) is 0.691.